The van der Waals surface area contributed by atoms with Crippen LogP contribution in [0.5, 0.6) is 0 Å². The fourth-order valence-corrected chi connectivity index (χ4v) is 5.08. The molecule has 156 valence electrons. The standard InChI is InChI=1S/C19H18Cl2F2N2O3S/c20-15-5-3-12(8-16(15)21)11-29(27,28)25-7-1-2-13(10-25)19(26)24-18-6-4-14(22)9-17(18)23/h3-6,8-9,13H,1-2,7,10-11H2,(H,24,26). The highest BCUT2D eigenvalue weighted by atomic mass is 35.5. The fourth-order valence-electron chi connectivity index (χ4n) is 3.17. The summed E-state index contributed by atoms with van der Waals surface area (Å²) in [5.74, 6) is -3.07. The molecule has 0 bridgehead atoms. The van der Waals surface area contributed by atoms with Gasteiger partial charge in [0.2, 0.25) is 15.9 Å². The molecule has 0 aliphatic carbocycles. The maximum absolute atomic E-state index is 13.8. The van der Waals surface area contributed by atoms with Gasteiger partial charge in [-0.05, 0) is 42.7 Å². The molecule has 1 amide bonds. The average Bonchev–Trinajstić information content (AvgIpc) is 2.67. The van der Waals surface area contributed by atoms with E-state index in [1.165, 1.54) is 16.4 Å². The van der Waals surface area contributed by atoms with Crippen LogP contribution in [0.25, 0.3) is 0 Å². The summed E-state index contributed by atoms with van der Waals surface area (Å²) in [6.45, 7) is 0.274. The van der Waals surface area contributed by atoms with Gasteiger partial charge in [0.05, 0.1) is 27.4 Å². The topological polar surface area (TPSA) is 66.5 Å². The van der Waals surface area contributed by atoms with Crippen molar-refractivity contribution in [3.8, 4) is 0 Å². The van der Waals surface area contributed by atoms with Crippen molar-refractivity contribution < 1.29 is 22.0 Å². The molecular weight excluding hydrogens is 445 g/mol. The number of hydrogen-bond donors (Lipinski definition) is 1. The SMILES string of the molecule is O=C(Nc1ccc(F)cc1F)C1CCCN(S(=O)(=O)Cc2ccc(Cl)c(Cl)c2)C1. The second-order valence-corrected chi connectivity index (χ2v) is 9.60. The molecule has 0 saturated carbocycles. The number of carbonyl (C=O) groups excluding carboxylic acids is 1. The summed E-state index contributed by atoms with van der Waals surface area (Å²) in [6.07, 6.45) is 0.956. The monoisotopic (exact) mass is 462 g/mol. The first kappa shape index (κ1) is 22.0. The molecular formula is C19H18Cl2F2N2O3S. The van der Waals surface area contributed by atoms with Crippen molar-refractivity contribution in [2.24, 2.45) is 5.92 Å². The van der Waals surface area contributed by atoms with E-state index < -0.39 is 33.5 Å². The van der Waals surface area contributed by atoms with E-state index in [1.54, 1.807) is 6.07 Å². The third kappa shape index (κ3) is 5.45. The molecule has 29 heavy (non-hydrogen) atoms. The second kappa shape index (κ2) is 8.95. The summed E-state index contributed by atoms with van der Waals surface area (Å²) in [5.41, 5.74) is 0.339. The fraction of sp³-hybridized carbons (Fsp3) is 0.316. The van der Waals surface area contributed by atoms with Gasteiger partial charge in [0.15, 0.2) is 0 Å². The summed E-state index contributed by atoms with van der Waals surface area (Å²) in [6, 6.07) is 7.44. The molecule has 1 saturated heterocycles. The first-order chi connectivity index (χ1) is 13.7. The van der Waals surface area contributed by atoms with Crippen molar-refractivity contribution >= 4 is 44.8 Å². The molecule has 3 rings (SSSR count). The number of carbonyl (C=O) groups is 1. The Hall–Kier alpha value is -1.74. The molecule has 2 aromatic carbocycles. The van der Waals surface area contributed by atoms with Crippen LogP contribution in [0.1, 0.15) is 18.4 Å². The summed E-state index contributed by atoms with van der Waals surface area (Å²) in [7, 11) is -3.69. The van der Waals surface area contributed by atoms with Gasteiger partial charge in [-0.2, -0.15) is 0 Å². The Kier molecular flexibility index (Phi) is 6.78. The van der Waals surface area contributed by atoms with Crippen LogP contribution >= 0.6 is 23.2 Å². The van der Waals surface area contributed by atoms with Crippen molar-refractivity contribution in [1.82, 2.24) is 4.31 Å². The zero-order valence-electron chi connectivity index (χ0n) is 15.2. The van der Waals surface area contributed by atoms with E-state index in [-0.39, 0.29) is 23.0 Å². The smallest absolute Gasteiger partial charge is 0.228 e. The molecule has 1 aliphatic heterocycles. The van der Waals surface area contributed by atoms with Gasteiger partial charge in [-0.15, -0.1) is 0 Å². The highest BCUT2D eigenvalue weighted by Crippen LogP contribution is 2.26. The minimum atomic E-state index is -3.69. The lowest BCUT2D eigenvalue weighted by Gasteiger charge is -2.31. The summed E-state index contributed by atoms with van der Waals surface area (Å²) in [5, 5.41) is 3.00. The quantitative estimate of drug-likeness (QED) is 0.713. The van der Waals surface area contributed by atoms with Crippen molar-refractivity contribution in [3.05, 3.63) is 63.6 Å². The van der Waals surface area contributed by atoms with E-state index in [2.05, 4.69) is 5.32 Å². The van der Waals surface area contributed by atoms with Crippen LogP contribution in [0, 0.1) is 17.6 Å². The van der Waals surface area contributed by atoms with Gasteiger partial charge in [0, 0.05) is 19.2 Å². The van der Waals surface area contributed by atoms with Crippen LogP contribution in [-0.2, 0) is 20.6 Å². The van der Waals surface area contributed by atoms with Crippen molar-refractivity contribution in [2.45, 2.75) is 18.6 Å². The molecule has 0 spiro atoms. The third-order valence-electron chi connectivity index (χ3n) is 4.67. The minimum absolute atomic E-state index is 0.0156. The largest absolute Gasteiger partial charge is 0.323 e. The number of rotatable bonds is 5. The van der Waals surface area contributed by atoms with Crippen molar-refractivity contribution in [1.29, 1.82) is 0 Å². The first-order valence-corrected chi connectivity index (χ1v) is 11.2. The Bertz CT molecular complexity index is 1030. The maximum Gasteiger partial charge on any atom is 0.228 e. The van der Waals surface area contributed by atoms with Gasteiger partial charge in [0.25, 0.3) is 0 Å². The average molecular weight is 463 g/mol. The van der Waals surface area contributed by atoms with E-state index in [4.69, 9.17) is 23.2 Å². The van der Waals surface area contributed by atoms with E-state index in [0.29, 0.717) is 36.0 Å². The lowest BCUT2D eigenvalue weighted by Crippen LogP contribution is -2.44. The minimum Gasteiger partial charge on any atom is -0.323 e. The number of hydrogen-bond acceptors (Lipinski definition) is 3. The van der Waals surface area contributed by atoms with Gasteiger partial charge in [-0.25, -0.2) is 21.5 Å². The van der Waals surface area contributed by atoms with Gasteiger partial charge in [-0.1, -0.05) is 29.3 Å². The van der Waals surface area contributed by atoms with Gasteiger partial charge < -0.3 is 5.32 Å². The molecule has 1 fully saturated rings. The molecule has 1 aliphatic rings. The molecule has 0 aromatic heterocycles. The maximum atomic E-state index is 13.8. The Balaban J connectivity index is 1.68. The highest BCUT2D eigenvalue weighted by molar-refractivity contribution is 7.88. The molecule has 1 heterocycles. The van der Waals surface area contributed by atoms with Crippen LogP contribution in [-0.4, -0.2) is 31.7 Å². The Morgan fingerprint density at radius 1 is 1.14 bits per heavy atom. The first-order valence-electron chi connectivity index (χ1n) is 8.83. The van der Waals surface area contributed by atoms with E-state index >= 15 is 0 Å². The summed E-state index contributed by atoms with van der Waals surface area (Å²) in [4.78, 5) is 12.5. The predicted octanol–water partition coefficient (Wildman–Crippen LogP) is 4.45. The van der Waals surface area contributed by atoms with E-state index in [9.17, 15) is 22.0 Å². The number of piperidine rings is 1. The van der Waals surface area contributed by atoms with Crippen molar-refractivity contribution in [2.75, 3.05) is 18.4 Å². The zero-order valence-corrected chi connectivity index (χ0v) is 17.5. The second-order valence-electron chi connectivity index (χ2n) is 6.82. The van der Waals surface area contributed by atoms with Gasteiger partial charge in [-0.3, -0.25) is 4.79 Å². The molecule has 10 heteroatoms. The number of sulfonamides is 1. The number of benzene rings is 2. The molecule has 1 unspecified atom stereocenters. The van der Waals surface area contributed by atoms with Crippen LogP contribution in [0.3, 0.4) is 0 Å². The van der Waals surface area contributed by atoms with Crippen LogP contribution in [0.15, 0.2) is 36.4 Å². The number of amides is 1. The van der Waals surface area contributed by atoms with E-state index in [1.807, 2.05) is 0 Å². The Labute approximate surface area is 177 Å². The lowest BCUT2D eigenvalue weighted by atomic mass is 9.98. The Morgan fingerprint density at radius 3 is 2.59 bits per heavy atom. The highest BCUT2D eigenvalue weighted by Gasteiger charge is 2.32. The normalized spacial score (nSPS) is 17.9. The predicted molar refractivity (Wildman–Crippen MR) is 108 cm³/mol. The van der Waals surface area contributed by atoms with Crippen LogP contribution in [0.2, 0.25) is 10.0 Å². The molecule has 0 radical (unpaired) electrons. The molecule has 5 nitrogen and oxygen atoms in total. The van der Waals surface area contributed by atoms with Crippen LogP contribution in [0.4, 0.5) is 14.5 Å². The van der Waals surface area contributed by atoms with Crippen LogP contribution < -0.4 is 5.32 Å². The molecule has 1 atom stereocenters. The van der Waals surface area contributed by atoms with Gasteiger partial charge >= 0.3 is 0 Å². The number of nitrogens with zero attached hydrogens (tertiary/aromatic N) is 1. The summed E-state index contributed by atoms with van der Waals surface area (Å²) >= 11 is 11.8. The third-order valence-corrected chi connectivity index (χ3v) is 7.23. The number of anilines is 1. The Morgan fingerprint density at radius 2 is 1.90 bits per heavy atom. The summed E-state index contributed by atoms with van der Waals surface area (Å²) < 4.78 is 53.6. The number of halogens is 4. The zero-order chi connectivity index (χ0) is 21.2. The molecule has 1 N–H and O–H groups in total. The van der Waals surface area contributed by atoms with Gasteiger partial charge in [0.1, 0.15) is 11.6 Å². The number of nitrogens with one attached hydrogen (secondary N) is 1. The van der Waals surface area contributed by atoms with Crippen molar-refractivity contribution in [3.63, 3.8) is 0 Å². The molecule has 2 aromatic rings. The lowest BCUT2D eigenvalue weighted by molar-refractivity contribution is -0.120. The van der Waals surface area contributed by atoms with E-state index in [0.717, 1.165) is 12.1 Å².